The quantitative estimate of drug-likeness (QED) is 0.766. The molecule has 18 heavy (non-hydrogen) atoms. The fourth-order valence-electron chi connectivity index (χ4n) is 2.45. The number of aryl methyl sites for hydroxylation is 1. The molecule has 0 bridgehead atoms. The average molecular weight is 241 g/mol. The van der Waals surface area contributed by atoms with Crippen molar-refractivity contribution in [2.75, 3.05) is 7.05 Å². The molecule has 3 rings (SSSR count). The van der Waals surface area contributed by atoms with Crippen LogP contribution in [-0.2, 0) is 13.0 Å². The summed E-state index contributed by atoms with van der Waals surface area (Å²) in [5, 5.41) is 0. The van der Waals surface area contributed by atoms with Gasteiger partial charge in [-0.15, -0.1) is 0 Å². The highest BCUT2D eigenvalue weighted by Gasteiger charge is 2.24. The molecule has 0 saturated carbocycles. The molecule has 0 saturated heterocycles. The van der Waals surface area contributed by atoms with Gasteiger partial charge in [-0.05, 0) is 12.1 Å². The molecule has 0 N–H and O–H groups in total. The number of carbonyl (C=O) groups excluding carboxylic acids is 1. The van der Waals surface area contributed by atoms with Crippen molar-refractivity contribution in [1.29, 1.82) is 0 Å². The number of benzene rings is 1. The number of rotatable bonds is 1. The van der Waals surface area contributed by atoms with Crippen molar-refractivity contribution in [1.82, 2.24) is 14.5 Å². The molecule has 2 heterocycles. The van der Waals surface area contributed by atoms with Gasteiger partial charge in [0.2, 0.25) is 0 Å². The molecule has 4 heteroatoms. The minimum absolute atomic E-state index is 0.0661. The van der Waals surface area contributed by atoms with Gasteiger partial charge in [-0.25, -0.2) is 4.98 Å². The van der Waals surface area contributed by atoms with E-state index in [2.05, 4.69) is 16.5 Å². The van der Waals surface area contributed by atoms with Crippen molar-refractivity contribution in [3.63, 3.8) is 0 Å². The summed E-state index contributed by atoms with van der Waals surface area (Å²) < 4.78 is 2.11. The highest BCUT2D eigenvalue weighted by Crippen LogP contribution is 2.25. The number of amides is 1. The van der Waals surface area contributed by atoms with Crippen molar-refractivity contribution in [2.24, 2.45) is 0 Å². The lowest BCUT2D eigenvalue weighted by atomic mass is 10.1. The number of imidazole rings is 1. The van der Waals surface area contributed by atoms with E-state index in [0.717, 1.165) is 29.2 Å². The zero-order valence-electron chi connectivity index (χ0n) is 10.6. The van der Waals surface area contributed by atoms with Crippen LogP contribution in [0.4, 0.5) is 0 Å². The van der Waals surface area contributed by atoms with E-state index in [4.69, 9.17) is 0 Å². The number of nitrogens with zero attached hydrogens (tertiary/aromatic N) is 3. The van der Waals surface area contributed by atoms with E-state index >= 15 is 0 Å². The fourth-order valence-corrected chi connectivity index (χ4v) is 2.45. The predicted molar refractivity (Wildman–Crippen MR) is 68.7 cm³/mol. The maximum absolute atomic E-state index is 12.3. The smallest absolute Gasteiger partial charge is 0.256 e. The van der Waals surface area contributed by atoms with E-state index < -0.39 is 0 Å². The van der Waals surface area contributed by atoms with Crippen LogP contribution in [-0.4, -0.2) is 27.4 Å². The van der Waals surface area contributed by atoms with Crippen molar-refractivity contribution in [3.05, 3.63) is 47.5 Å². The molecule has 0 unspecified atom stereocenters. The van der Waals surface area contributed by atoms with Crippen LogP contribution in [0.1, 0.15) is 28.8 Å². The third-order valence-corrected chi connectivity index (χ3v) is 3.35. The first-order chi connectivity index (χ1) is 8.72. The largest absolute Gasteiger partial charge is 0.336 e. The van der Waals surface area contributed by atoms with Gasteiger partial charge in [-0.1, -0.05) is 19.1 Å². The lowest BCUT2D eigenvalue weighted by Crippen LogP contribution is -2.24. The van der Waals surface area contributed by atoms with Gasteiger partial charge in [0.25, 0.3) is 5.91 Å². The molecule has 0 spiro atoms. The Hall–Kier alpha value is -2.10. The first kappa shape index (κ1) is 11.0. The van der Waals surface area contributed by atoms with Gasteiger partial charge < -0.3 is 4.90 Å². The van der Waals surface area contributed by atoms with Crippen LogP contribution in [0.15, 0.2) is 30.5 Å². The number of hydrogen-bond donors (Lipinski definition) is 0. The Kier molecular flexibility index (Phi) is 2.44. The van der Waals surface area contributed by atoms with E-state index in [-0.39, 0.29) is 5.91 Å². The number of fused-ring (bicyclic) bond motifs is 3. The second-order valence-electron chi connectivity index (χ2n) is 4.53. The molecule has 0 radical (unpaired) electrons. The Morgan fingerprint density at radius 3 is 2.89 bits per heavy atom. The van der Waals surface area contributed by atoms with E-state index in [0.29, 0.717) is 6.54 Å². The average Bonchev–Trinajstić information content (AvgIpc) is 2.76. The monoisotopic (exact) mass is 241 g/mol. The third-order valence-electron chi connectivity index (χ3n) is 3.35. The lowest BCUT2D eigenvalue weighted by Gasteiger charge is -2.13. The third kappa shape index (κ3) is 1.45. The highest BCUT2D eigenvalue weighted by atomic mass is 16.2. The molecule has 0 aliphatic carbocycles. The van der Waals surface area contributed by atoms with Crippen LogP contribution in [0.2, 0.25) is 0 Å². The Morgan fingerprint density at radius 1 is 1.33 bits per heavy atom. The minimum Gasteiger partial charge on any atom is -0.336 e. The molecule has 0 atom stereocenters. The van der Waals surface area contributed by atoms with E-state index in [9.17, 15) is 4.79 Å². The second kappa shape index (κ2) is 3.98. The topological polar surface area (TPSA) is 38.1 Å². The Labute approximate surface area is 106 Å². The van der Waals surface area contributed by atoms with Gasteiger partial charge in [0.1, 0.15) is 5.82 Å². The van der Waals surface area contributed by atoms with Gasteiger partial charge >= 0.3 is 0 Å². The maximum Gasteiger partial charge on any atom is 0.256 e. The van der Waals surface area contributed by atoms with Gasteiger partial charge in [-0.3, -0.25) is 9.36 Å². The molecular formula is C14H15N3O. The van der Waals surface area contributed by atoms with Crippen molar-refractivity contribution in [3.8, 4) is 5.69 Å². The summed E-state index contributed by atoms with van der Waals surface area (Å²) in [4.78, 5) is 18.5. The zero-order valence-corrected chi connectivity index (χ0v) is 10.6. The van der Waals surface area contributed by atoms with E-state index in [1.807, 2.05) is 37.5 Å². The summed E-state index contributed by atoms with van der Waals surface area (Å²) >= 11 is 0. The standard InChI is InChI=1S/C14H15N3O/c1-3-13-15-8-10-9-16(2)14(18)11-6-4-5-7-12(11)17(10)13/h4-8H,3,9H2,1-2H3. The van der Waals surface area contributed by atoms with E-state index in [1.165, 1.54) is 0 Å². The molecule has 1 amide bonds. The van der Waals surface area contributed by atoms with Crippen molar-refractivity contribution in [2.45, 2.75) is 19.9 Å². The number of carbonyl (C=O) groups is 1. The summed E-state index contributed by atoms with van der Waals surface area (Å²) in [6.07, 6.45) is 2.72. The maximum atomic E-state index is 12.3. The van der Waals surface area contributed by atoms with Crippen molar-refractivity contribution < 1.29 is 4.79 Å². The first-order valence-electron chi connectivity index (χ1n) is 6.12. The Bertz CT molecular complexity index is 615. The van der Waals surface area contributed by atoms with Crippen LogP contribution in [0.3, 0.4) is 0 Å². The molecule has 1 aromatic carbocycles. The first-order valence-corrected chi connectivity index (χ1v) is 6.12. The number of para-hydroxylation sites is 1. The molecule has 92 valence electrons. The summed E-state index contributed by atoms with van der Waals surface area (Å²) in [7, 11) is 1.83. The van der Waals surface area contributed by atoms with Crippen molar-refractivity contribution >= 4 is 5.91 Å². The van der Waals surface area contributed by atoms with Gasteiger partial charge in [0.15, 0.2) is 0 Å². The van der Waals surface area contributed by atoms with E-state index in [1.54, 1.807) is 4.90 Å². The molecule has 2 aromatic rings. The summed E-state index contributed by atoms with van der Waals surface area (Å²) in [6, 6.07) is 7.72. The SMILES string of the molecule is CCc1ncc2n1-c1ccccc1C(=O)N(C)C2. The lowest BCUT2D eigenvalue weighted by molar-refractivity contribution is 0.0788. The Morgan fingerprint density at radius 2 is 2.11 bits per heavy atom. The highest BCUT2D eigenvalue weighted by molar-refractivity contribution is 5.98. The number of aromatic nitrogens is 2. The molecular weight excluding hydrogens is 226 g/mol. The van der Waals surface area contributed by atoms with Crippen LogP contribution >= 0.6 is 0 Å². The van der Waals surface area contributed by atoms with Crippen LogP contribution in [0.25, 0.3) is 5.69 Å². The predicted octanol–water partition coefficient (Wildman–Crippen LogP) is 2.02. The molecule has 1 aliphatic heterocycles. The van der Waals surface area contributed by atoms with Gasteiger partial charge in [-0.2, -0.15) is 0 Å². The fraction of sp³-hybridized carbons (Fsp3) is 0.286. The zero-order chi connectivity index (χ0) is 12.7. The molecule has 1 aliphatic rings. The summed E-state index contributed by atoms with van der Waals surface area (Å²) in [6.45, 7) is 2.68. The van der Waals surface area contributed by atoms with Gasteiger partial charge in [0.05, 0.1) is 29.7 Å². The summed E-state index contributed by atoms with van der Waals surface area (Å²) in [5.74, 6) is 1.07. The second-order valence-corrected chi connectivity index (χ2v) is 4.53. The van der Waals surface area contributed by atoms with Crippen LogP contribution in [0.5, 0.6) is 0 Å². The minimum atomic E-state index is 0.0661. The van der Waals surface area contributed by atoms with Crippen LogP contribution < -0.4 is 0 Å². The summed E-state index contributed by atoms with van der Waals surface area (Å²) in [5.41, 5.74) is 2.75. The number of hydrogen-bond acceptors (Lipinski definition) is 2. The normalized spacial score (nSPS) is 14.1. The van der Waals surface area contributed by atoms with Gasteiger partial charge in [0, 0.05) is 13.5 Å². The van der Waals surface area contributed by atoms with Crippen LogP contribution in [0, 0.1) is 0 Å². The molecule has 1 aromatic heterocycles. The molecule has 0 fully saturated rings. The molecule has 4 nitrogen and oxygen atoms in total. The Balaban J connectivity index is 2.32.